The third-order valence-corrected chi connectivity index (χ3v) is 19.3. The van der Waals surface area contributed by atoms with Gasteiger partial charge in [-0.15, -0.1) is 0 Å². The first-order valence-corrected chi connectivity index (χ1v) is 36.0. The summed E-state index contributed by atoms with van der Waals surface area (Å²) in [5, 5.41) is 30.5. The second kappa shape index (κ2) is 38.5. The molecule has 13 amide bonds. The van der Waals surface area contributed by atoms with Crippen molar-refractivity contribution in [2.75, 3.05) is 54.4 Å². The molecule has 12 atom stereocenters. The van der Waals surface area contributed by atoms with Crippen molar-refractivity contribution in [1.29, 1.82) is 0 Å². The van der Waals surface area contributed by atoms with Crippen LogP contribution < -0.4 is 37.2 Å². The van der Waals surface area contributed by atoms with Gasteiger partial charge >= 0.3 is 0 Å². The summed E-state index contributed by atoms with van der Waals surface area (Å²) in [6.07, 6.45) is 1.35. The summed E-state index contributed by atoms with van der Waals surface area (Å²) in [7, 11) is 5.63. The first-order chi connectivity index (χ1) is 47.5. The van der Waals surface area contributed by atoms with Crippen LogP contribution in [0.4, 0.5) is 0 Å². The first-order valence-electron chi connectivity index (χ1n) is 36.0. The number of amides is 13. The van der Waals surface area contributed by atoms with E-state index < -0.39 is 174 Å². The van der Waals surface area contributed by atoms with E-state index in [9.17, 15) is 53.1 Å². The van der Waals surface area contributed by atoms with Crippen LogP contribution in [0.1, 0.15) is 165 Å². The van der Waals surface area contributed by atoms with Crippen LogP contribution >= 0.6 is 0 Å². The Morgan fingerprint density at radius 3 is 1.59 bits per heavy atom. The number of nitrogens with one attached hydrogen (secondary N) is 7. The lowest BCUT2D eigenvalue weighted by Crippen LogP contribution is -2.63. The van der Waals surface area contributed by atoms with E-state index in [1.54, 1.807) is 65.6 Å². The number of fused-ring (bicyclic) bond motifs is 1. The average Bonchev–Trinajstić information content (AvgIpc) is 1.79. The molecule has 101 heavy (non-hydrogen) atoms. The molecule has 0 bridgehead atoms. The third kappa shape index (κ3) is 24.1. The summed E-state index contributed by atoms with van der Waals surface area (Å²) in [5.41, 5.74) is 0.549. The quantitative estimate of drug-likeness (QED) is 0.135. The van der Waals surface area contributed by atoms with Gasteiger partial charge in [-0.05, 0) is 106 Å². The maximum absolute atomic E-state index is 15.4. The van der Waals surface area contributed by atoms with Gasteiger partial charge in [0.25, 0.3) is 0 Å². The van der Waals surface area contributed by atoms with Gasteiger partial charge in [0, 0.05) is 60.7 Å². The molecule has 0 unspecified atom stereocenters. The summed E-state index contributed by atoms with van der Waals surface area (Å²) in [6, 6.07) is 2.67. The number of rotatable bonds is 14. The zero-order chi connectivity index (χ0) is 75.3. The van der Waals surface area contributed by atoms with Gasteiger partial charge in [0.05, 0.1) is 19.1 Å². The van der Waals surface area contributed by atoms with Crippen LogP contribution in [0.15, 0.2) is 60.7 Å². The van der Waals surface area contributed by atoms with E-state index in [0.717, 1.165) is 11.3 Å². The summed E-state index contributed by atoms with van der Waals surface area (Å²) >= 11 is 0. The molecule has 0 aliphatic carbocycles. The largest absolute Gasteiger partial charge is 0.391 e. The first kappa shape index (κ1) is 83.2. The fourth-order valence-corrected chi connectivity index (χ4v) is 13.4. The Balaban J connectivity index is 1.62. The number of nitrogens with zero attached hydrogens (tertiary/aromatic N) is 6. The Labute approximate surface area is 596 Å². The van der Waals surface area contributed by atoms with Gasteiger partial charge in [-0.25, -0.2) is 0 Å². The van der Waals surface area contributed by atoms with Crippen molar-refractivity contribution in [3.05, 3.63) is 71.8 Å². The van der Waals surface area contributed by atoms with Crippen molar-refractivity contribution < 1.29 is 67.4 Å². The number of likely N-dealkylation sites (tertiary alicyclic amines) is 1. The van der Waals surface area contributed by atoms with Crippen molar-refractivity contribution in [1.82, 2.24) is 66.6 Å². The highest BCUT2D eigenvalue weighted by atomic mass is 16.3. The van der Waals surface area contributed by atoms with Gasteiger partial charge in [0.2, 0.25) is 76.8 Å². The number of aliphatic hydroxyl groups is 1. The molecule has 27 heteroatoms. The summed E-state index contributed by atoms with van der Waals surface area (Å²) in [4.78, 5) is 199. The molecule has 3 saturated heterocycles. The molecular formula is C74H115N13O14. The maximum atomic E-state index is 15.4. The van der Waals surface area contributed by atoms with Crippen molar-refractivity contribution in [2.24, 2.45) is 23.2 Å². The number of hydrogen-bond acceptors (Lipinski definition) is 14. The second-order valence-corrected chi connectivity index (χ2v) is 29.8. The molecule has 0 spiro atoms. The van der Waals surface area contributed by atoms with Gasteiger partial charge in [-0.1, -0.05) is 136 Å². The molecule has 3 heterocycles. The normalized spacial score (nSPS) is 26.4. The highest BCUT2D eigenvalue weighted by Crippen LogP contribution is 2.29. The van der Waals surface area contributed by atoms with Crippen LogP contribution in [0.2, 0.25) is 0 Å². The Kier molecular flexibility index (Phi) is 31.7. The van der Waals surface area contributed by atoms with Crippen LogP contribution in [0.5, 0.6) is 0 Å². The van der Waals surface area contributed by atoms with Crippen molar-refractivity contribution in [2.45, 2.75) is 239 Å². The van der Waals surface area contributed by atoms with Crippen LogP contribution in [0.3, 0.4) is 0 Å². The minimum Gasteiger partial charge on any atom is -0.391 e. The van der Waals surface area contributed by atoms with Gasteiger partial charge in [0.15, 0.2) is 0 Å². The van der Waals surface area contributed by atoms with E-state index in [-0.39, 0.29) is 56.9 Å². The lowest BCUT2D eigenvalue weighted by atomic mass is 9.86. The van der Waals surface area contributed by atoms with Crippen LogP contribution in [-0.4, -0.2) is 238 Å². The fraction of sp³-hybridized carbons (Fsp3) is 0.662. The molecule has 0 saturated carbocycles. The van der Waals surface area contributed by atoms with Gasteiger partial charge in [-0.2, -0.15) is 0 Å². The van der Waals surface area contributed by atoms with Crippen LogP contribution in [0, 0.1) is 23.2 Å². The molecule has 2 aromatic carbocycles. The molecular weight excluding hydrogens is 1290 g/mol. The second-order valence-electron chi connectivity index (χ2n) is 29.8. The van der Waals surface area contributed by atoms with Gasteiger partial charge < -0.3 is 71.7 Å². The number of benzene rings is 2. The molecule has 0 aromatic heterocycles. The van der Waals surface area contributed by atoms with Crippen LogP contribution in [-0.2, 0) is 75.2 Å². The molecule has 2 aromatic rings. The Morgan fingerprint density at radius 2 is 1.06 bits per heavy atom. The highest BCUT2D eigenvalue weighted by Gasteiger charge is 2.46. The molecule has 8 N–H and O–H groups in total. The average molecular weight is 1410 g/mol. The lowest BCUT2D eigenvalue weighted by Gasteiger charge is -2.39. The number of hydrogen-bond donors (Lipinski definition) is 8. The van der Waals surface area contributed by atoms with E-state index in [1.165, 1.54) is 68.6 Å². The highest BCUT2D eigenvalue weighted by molar-refractivity contribution is 6.00. The number of carbonyl (C=O) groups excluding carboxylic acids is 13. The summed E-state index contributed by atoms with van der Waals surface area (Å²) < 4.78 is 0. The summed E-state index contributed by atoms with van der Waals surface area (Å²) in [6.45, 7) is 21.0. The smallest absolute Gasteiger partial charge is 0.246 e. The number of carbonyl (C=O) groups is 13. The topological polar surface area (TPSA) is 346 Å². The molecule has 3 aliphatic heterocycles. The molecule has 0 radical (unpaired) electrons. The number of piperidine rings is 1. The monoisotopic (exact) mass is 1410 g/mol. The van der Waals surface area contributed by atoms with E-state index in [2.05, 4.69) is 37.2 Å². The van der Waals surface area contributed by atoms with Gasteiger partial charge in [-0.3, -0.25) is 62.3 Å². The SMILES string of the molecule is CCC(CC)[C@H]1C(=O)N(C)[C@@H](C)C(=O)N[C@@H](Cc2ccccc2)C(=O)N[C@@H]([C@@H](C)O)C(=O)N[C@@H](Cc2ccccc2)C(=O)N(C)[C@@H](CC(C)(C)C)C(=O)N2CCC[C@H]2C(=O)N[C@H](C(=O)N2CCCCC2)CC(=O)N[C@@H](C)C(=O)N[C@@H](CC(C)C)C(=O)N(C)CC(=O)N[C@@H](CC(C)C)C(=O)N1C. The predicted octanol–water partition coefficient (Wildman–Crippen LogP) is 2.60. The number of aliphatic hydroxyl groups excluding tert-OH is 1. The number of likely N-dealkylation sites (N-methyl/N-ethyl adjacent to an activating group) is 4. The van der Waals surface area contributed by atoms with Crippen LogP contribution in [0.25, 0.3) is 0 Å². The fourth-order valence-electron chi connectivity index (χ4n) is 13.4. The standard InChI is InChI=1S/C74H115N13O14/c1-17-51(18-2)62-73(101)83(14)47(8)64(92)77-52(39-49-29-22-19-23-30-49)65(93)81-61(48(9)88)67(95)80-55(40-50-31-24-20-25-32-50)69(97)84(15)58(42-74(10,11)12)72(100)87-36-28-33-57(87)66(94)79-56(71(99)86-34-26-21-27-35-86)41-59(89)75-46(7)63(91)78-53(37-44(3)4)68(96)82(13)43-60(90)76-54(38-45(5)6)70(98)85(62)16/h19-20,22-25,29-32,44-48,51-58,61-62,88H,17-18,21,26-28,33-43H2,1-16H3,(H,75,89)(H,76,90)(H,77,92)(H,78,91)(H,79,94)(H,80,95)(H,81,93)/t46-,47-,48+,52-,53-,54-,55-,56-,57-,58-,61-,62-/m0/s1. The van der Waals surface area contributed by atoms with Crippen molar-refractivity contribution in [3.63, 3.8) is 0 Å². The zero-order valence-corrected chi connectivity index (χ0v) is 62.4. The molecule has 27 nitrogen and oxygen atoms in total. The Bertz CT molecular complexity index is 3190. The Morgan fingerprint density at radius 1 is 0.535 bits per heavy atom. The van der Waals surface area contributed by atoms with E-state index in [4.69, 9.17) is 0 Å². The maximum Gasteiger partial charge on any atom is 0.246 e. The summed E-state index contributed by atoms with van der Waals surface area (Å²) in [5.74, 6) is -10.3. The van der Waals surface area contributed by atoms with Crippen molar-refractivity contribution >= 4 is 76.8 Å². The minimum absolute atomic E-state index is 0.0603. The van der Waals surface area contributed by atoms with Crippen molar-refractivity contribution in [3.8, 4) is 0 Å². The van der Waals surface area contributed by atoms with E-state index in [1.807, 2.05) is 62.3 Å². The molecule has 3 aliphatic rings. The van der Waals surface area contributed by atoms with Gasteiger partial charge in [0.1, 0.15) is 66.5 Å². The molecule has 3 fully saturated rings. The minimum atomic E-state index is -1.75. The predicted molar refractivity (Wildman–Crippen MR) is 381 cm³/mol. The Hall–Kier alpha value is -8.49. The lowest BCUT2D eigenvalue weighted by molar-refractivity contribution is -0.151. The van der Waals surface area contributed by atoms with E-state index in [0.29, 0.717) is 56.3 Å². The third-order valence-electron chi connectivity index (χ3n) is 19.3. The molecule has 560 valence electrons. The molecule has 5 rings (SSSR count). The zero-order valence-electron chi connectivity index (χ0n) is 62.4. The van der Waals surface area contributed by atoms with E-state index >= 15 is 14.4 Å².